The third kappa shape index (κ3) is 0.956. The maximum Gasteiger partial charge on any atom is 0.161 e. The van der Waals surface area contributed by atoms with Gasteiger partial charge in [0, 0.05) is 0 Å². The highest BCUT2D eigenvalue weighted by molar-refractivity contribution is 5.91. The van der Waals surface area contributed by atoms with Crippen molar-refractivity contribution >= 4 is 5.78 Å². The lowest BCUT2D eigenvalue weighted by molar-refractivity contribution is -0.151. The van der Waals surface area contributed by atoms with Crippen LogP contribution in [0.2, 0.25) is 0 Å². The van der Waals surface area contributed by atoms with Crippen LogP contribution in [-0.4, -0.2) is 18.0 Å². The Labute approximate surface area is 77.0 Å². The van der Waals surface area contributed by atoms with Crippen molar-refractivity contribution in [3.05, 3.63) is 12.2 Å². The van der Waals surface area contributed by atoms with E-state index in [1.54, 1.807) is 0 Å². The first kappa shape index (κ1) is 8.46. The summed E-state index contributed by atoms with van der Waals surface area (Å²) in [5.74, 6) is -0.619. The second-order valence-electron chi connectivity index (χ2n) is 4.10. The normalized spacial score (nSPS) is 40.4. The summed E-state index contributed by atoms with van der Waals surface area (Å²) in [6.45, 7) is 3.66. The molecule has 3 heteroatoms. The molecule has 0 N–H and O–H groups in total. The van der Waals surface area contributed by atoms with Crippen molar-refractivity contribution in [3.63, 3.8) is 0 Å². The molecule has 3 nitrogen and oxygen atoms in total. The van der Waals surface area contributed by atoms with E-state index in [1.807, 2.05) is 32.1 Å². The largest absolute Gasteiger partial charge is 0.364 e. The summed E-state index contributed by atoms with van der Waals surface area (Å²) < 4.78 is 5.53. The summed E-state index contributed by atoms with van der Waals surface area (Å²) >= 11 is 0. The molecular weight excluding hydrogens is 166 g/mol. The van der Waals surface area contributed by atoms with Crippen LogP contribution in [0.15, 0.2) is 12.2 Å². The lowest BCUT2D eigenvalue weighted by Crippen LogP contribution is -2.48. The van der Waals surface area contributed by atoms with Gasteiger partial charge >= 0.3 is 0 Å². The molecule has 0 spiro atoms. The average molecular weight is 177 g/mol. The number of carbonyl (C=O) groups excluding carboxylic acids is 1. The third-order valence-electron chi connectivity index (χ3n) is 2.88. The van der Waals surface area contributed by atoms with Crippen molar-refractivity contribution in [1.82, 2.24) is 0 Å². The van der Waals surface area contributed by atoms with Crippen LogP contribution in [0, 0.1) is 22.7 Å². The molecular formula is C10H11NO2. The molecule has 1 saturated heterocycles. The number of nitriles is 1. The van der Waals surface area contributed by atoms with Crippen LogP contribution >= 0.6 is 0 Å². The number of ether oxygens (including phenoxy) is 1. The Balaban J connectivity index is 2.42. The standard InChI is InChI=1S/C10H11NO2/c1-10(2)8-4-3-7(13-8)6(5-11)9(10)12/h3-4,6-8H,1-2H3/t6-,7+,8-/m1/s1. The second kappa shape index (κ2) is 2.43. The minimum absolute atomic E-state index is 0.00116. The molecule has 0 aromatic rings. The van der Waals surface area contributed by atoms with Crippen LogP contribution in [-0.2, 0) is 9.53 Å². The van der Waals surface area contributed by atoms with E-state index in [4.69, 9.17) is 10.00 Å². The highest BCUT2D eigenvalue weighted by atomic mass is 16.5. The highest BCUT2D eigenvalue weighted by Gasteiger charge is 2.51. The first-order valence-electron chi connectivity index (χ1n) is 4.35. The van der Waals surface area contributed by atoms with Gasteiger partial charge in [0.15, 0.2) is 5.78 Å². The van der Waals surface area contributed by atoms with Crippen molar-refractivity contribution in [1.29, 1.82) is 5.26 Å². The number of hydrogen-bond acceptors (Lipinski definition) is 3. The van der Waals surface area contributed by atoms with Gasteiger partial charge in [-0.25, -0.2) is 0 Å². The van der Waals surface area contributed by atoms with Crippen LogP contribution in [0.25, 0.3) is 0 Å². The predicted molar refractivity (Wildman–Crippen MR) is 45.7 cm³/mol. The first-order valence-corrected chi connectivity index (χ1v) is 4.35. The smallest absolute Gasteiger partial charge is 0.161 e. The number of nitrogens with zero attached hydrogens (tertiary/aromatic N) is 1. The van der Waals surface area contributed by atoms with Crippen LogP contribution in [0.5, 0.6) is 0 Å². The minimum atomic E-state index is -0.620. The Morgan fingerprint density at radius 1 is 1.54 bits per heavy atom. The van der Waals surface area contributed by atoms with Gasteiger partial charge in [-0.2, -0.15) is 5.26 Å². The molecule has 2 aliphatic heterocycles. The fraction of sp³-hybridized carbons (Fsp3) is 0.600. The first-order chi connectivity index (χ1) is 6.07. The van der Waals surface area contributed by atoms with Gasteiger partial charge in [0.1, 0.15) is 5.92 Å². The molecule has 3 atom stereocenters. The minimum Gasteiger partial charge on any atom is -0.364 e. The van der Waals surface area contributed by atoms with Gasteiger partial charge in [0.05, 0.1) is 23.7 Å². The van der Waals surface area contributed by atoms with E-state index in [1.165, 1.54) is 0 Å². The number of fused-ring (bicyclic) bond motifs is 2. The average Bonchev–Trinajstić information content (AvgIpc) is 2.51. The summed E-state index contributed by atoms with van der Waals surface area (Å²) in [6, 6.07) is 2.01. The summed E-state index contributed by atoms with van der Waals surface area (Å²) in [6.07, 6.45) is 3.26. The zero-order chi connectivity index (χ0) is 9.64. The van der Waals surface area contributed by atoms with Crippen molar-refractivity contribution in [2.75, 3.05) is 0 Å². The molecule has 2 heterocycles. The fourth-order valence-electron chi connectivity index (χ4n) is 1.89. The summed E-state index contributed by atoms with van der Waals surface area (Å²) in [5.41, 5.74) is -0.552. The molecule has 0 aliphatic carbocycles. The van der Waals surface area contributed by atoms with E-state index in [-0.39, 0.29) is 18.0 Å². The third-order valence-corrected chi connectivity index (χ3v) is 2.88. The molecule has 0 amide bonds. The maximum atomic E-state index is 11.8. The van der Waals surface area contributed by atoms with E-state index >= 15 is 0 Å². The monoisotopic (exact) mass is 177 g/mol. The van der Waals surface area contributed by atoms with Gasteiger partial charge in [-0.05, 0) is 0 Å². The van der Waals surface area contributed by atoms with Gasteiger partial charge in [-0.15, -0.1) is 0 Å². The molecule has 0 unspecified atom stereocenters. The van der Waals surface area contributed by atoms with Crippen molar-refractivity contribution < 1.29 is 9.53 Å². The Hall–Kier alpha value is -1.14. The zero-order valence-electron chi connectivity index (χ0n) is 7.65. The number of carbonyl (C=O) groups is 1. The van der Waals surface area contributed by atoms with Crippen molar-refractivity contribution in [2.45, 2.75) is 26.1 Å². The van der Waals surface area contributed by atoms with E-state index < -0.39 is 11.3 Å². The van der Waals surface area contributed by atoms with Crippen LogP contribution in [0.4, 0.5) is 0 Å². The van der Waals surface area contributed by atoms with Gasteiger partial charge in [0.2, 0.25) is 0 Å². The van der Waals surface area contributed by atoms with Crippen molar-refractivity contribution in [2.24, 2.45) is 11.3 Å². The molecule has 2 rings (SSSR count). The Bertz CT molecular complexity index is 324. The quantitative estimate of drug-likeness (QED) is 0.520. The molecule has 68 valence electrons. The molecule has 2 aliphatic rings. The topological polar surface area (TPSA) is 50.1 Å². The maximum absolute atomic E-state index is 11.8. The summed E-state index contributed by atoms with van der Waals surface area (Å²) in [7, 11) is 0. The van der Waals surface area contributed by atoms with Crippen molar-refractivity contribution in [3.8, 4) is 6.07 Å². The number of Topliss-reactive ketones (excluding diaryl/α,β-unsaturated/α-hetero) is 1. The van der Waals surface area contributed by atoms with E-state index in [2.05, 4.69) is 0 Å². The number of hydrogen-bond donors (Lipinski definition) is 0. The number of ketones is 1. The number of rotatable bonds is 0. The summed E-state index contributed by atoms with van der Waals surface area (Å²) in [5, 5.41) is 8.83. The SMILES string of the molecule is CC1(C)C(=O)[C@H](C#N)[C@@H]2C=C[C@H]1O2. The lowest BCUT2D eigenvalue weighted by atomic mass is 9.75. The molecule has 2 bridgehead atoms. The van der Waals surface area contributed by atoms with Crippen LogP contribution < -0.4 is 0 Å². The molecule has 0 aromatic heterocycles. The van der Waals surface area contributed by atoms with E-state index in [0.29, 0.717) is 0 Å². The molecule has 0 saturated carbocycles. The van der Waals surface area contributed by atoms with E-state index in [9.17, 15) is 4.79 Å². The van der Waals surface area contributed by atoms with E-state index in [0.717, 1.165) is 0 Å². The second-order valence-corrected chi connectivity index (χ2v) is 4.10. The van der Waals surface area contributed by atoms with Gasteiger partial charge in [0.25, 0.3) is 0 Å². The van der Waals surface area contributed by atoms with Gasteiger partial charge < -0.3 is 4.74 Å². The van der Waals surface area contributed by atoms with Crippen LogP contribution in [0.1, 0.15) is 13.8 Å². The fourth-order valence-corrected chi connectivity index (χ4v) is 1.89. The Morgan fingerprint density at radius 3 is 2.85 bits per heavy atom. The molecule has 13 heavy (non-hydrogen) atoms. The Morgan fingerprint density at radius 2 is 2.23 bits per heavy atom. The van der Waals surface area contributed by atoms with Crippen LogP contribution in [0.3, 0.4) is 0 Å². The molecule has 1 fully saturated rings. The zero-order valence-corrected chi connectivity index (χ0v) is 7.65. The Kier molecular flexibility index (Phi) is 1.58. The summed E-state index contributed by atoms with van der Waals surface area (Å²) in [4.78, 5) is 11.8. The van der Waals surface area contributed by atoms with Gasteiger partial charge in [-0.1, -0.05) is 26.0 Å². The highest BCUT2D eigenvalue weighted by Crippen LogP contribution is 2.40. The lowest BCUT2D eigenvalue weighted by Gasteiger charge is -2.37. The van der Waals surface area contributed by atoms with Gasteiger partial charge in [-0.3, -0.25) is 4.79 Å². The molecule has 0 radical (unpaired) electrons. The molecule has 0 aromatic carbocycles. The predicted octanol–water partition coefficient (Wildman–Crippen LogP) is 1.06.